The molecule has 0 radical (unpaired) electrons. The molecule has 1 saturated heterocycles. The molecular formula is C10H18N4OS. The zero-order valence-electron chi connectivity index (χ0n) is 9.72. The molecule has 1 aliphatic heterocycles. The highest BCUT2D eigenvalue weighted by Gasteiger charge is 2.27. The normalized spacial score (nSPS) is 25.9. The van der Waals surface area contributed by atoms with E-state index < -0.39 is 0 Å². The van der Waals surface area contributed by atoms with E-state index in [-0.39, 0.29) is 0 Å². The van der Waals surface area contributed by atoms with Crippen molar-refractivity contribution >= 4 is 11.8 Å². The van der Waals surface area contributed by atoms with E-state index in [1.807, 2.05) is 11.7 Å². The van der Waals surface area contributed by atoms with Gasteiger partial charge in [0.15, 0.2) is 5.16 Å². The van der Waals surface area contributed by atoms with Crippen LogP contribution in [0.15, 0.2) is 11.5 Å². The van der Waals surface area contributed by atoms with Crippen molar-refractivity contribution in [3.63, 3.8) is 0 Å². The standard InChI is InChI=1S/C10H18N4OS/c1-3-11-8-4-5-15-6-9(8)16-10-12-7-13-14(10)2/h7-9,11H,3-6H2,1-2H3. The third-order valence-corrected chi connectivity index (χ3v) is 4.04. The van der Waals surface area contributed by atoms with Gasteiger partial charge in [-0.2, -0.15) is 5.10 Å². The summed E-state index contributed by atoms with van der Waals surface area (Å²) in [5.74, 6) is 0. The van der Waals surface area contributed by atoms with E-state index in [0.717, 1.165) is 31.3 Å². The van der Waals surface area contributed by atoms with Gasteiger partial charge in [0.2, 0.25) is 0 Å². The van der Waals surface area contributed by atoms with Crippen LogP contribution in [0.5, 0.6) is 0 Å². The van der Waals surface area contributed by atoms with E-state index in [9.17, 15) is 0 Å². The van der Waals surface area contributed by atoms with Crippen LogP contribution in [0, 0.1) is 0 Å². The van der Waals surface area contributed by atoms with E-state index in [4.69, 9.17) is 4.74 Å². The van der Waals surface area contributed by atoms with Crippen LogP contribution in [-0.2, 0) is 11.8 Å². The van der Waals surface area contributed by atoms with Gasteiger partial charge in [0, 0.05) is 19.7 Å². The molecule has 0 saturated carbocycles. The lowest BCUT2D eigenvalue weighted by Gasteiger charge is -2.31. The van der Waals surface area contributed by atoms with E-state index >= 15 is 0 Å². The smallest absolute Gasteiger partial charge is 0.186 e. The molecule has 2 atom stereocenters. The maximum atomic E-state index is 5.53. The number of aromatic nitrogens is 3. The van der Waals surface area contributed by atoms with Gasteiger partial charge in [-0.25, -0.2) is 9.67 Å². The van der Waals surface area contributed by atoms with Gasteiger partial charge >= 0.3 is 0 Å². The summed E-state index contributed by atoms with van der Waals surface area (Å²) in [7, 11) is 1.92. The Morgan fingerprint density at radius 2 is 2.56 bits per heavy atom. The van der Waals surface area contributed by atoms with Gasteiger partial charge in [-0.1, -0.05) is 18.7 Å². The van der Waals surface area contributed by atoms with Gasteiger partial charge in [-0.3, -0.25) is 0 Å². The summed E-state index contributed by atoms with van der Waals surface area (Å²) in [6.45, 7) is 4.78. The number of thioether (sulfide) groups is 1. The number of hydrogen-bond donors (Lipinski definition) is 1. The lowest BCUT2D eigenvalue weighted by Crippen LogP contribution is -2.44. The summed E-state index contributed by atoms with van der Waals surface area (Å²) in [6, 6.07) is 0.514. The third-order valence-electron chi connectivity index (χ3n) is 2.70. The van der Waals surface area contributed by atoms with Gasteiger partial charge < -0.3 is 10.1 Å². The predicted molar refractivity (Wildman–Crippen MR) is 63.5 cm³/mol. The minimum Gasteiger partial charge on any atom is -0.380 e. The fourth-order valence-corrected chi connectivity index (χ4v) is 2.99. The van der Waals surface area contributed by atoms with Crippen LogP contribution < -0.4 is 5.32 Å². The molecule has 1 N–H and O–H groups in total. The summed E-state index contributed by atoms with van der Waals surface area (Å²) in [5.41, 5.74) is 0. The van der Waals surface area contributed by atoms with Crippen LogP contribution in [-0.4, -0.2) is 45.8 Å². The van der Waals surface area contributed by atoms with Crippen molar-refractivity contribution in [2.24, 2.45) is 7.05 Å². The first kappa shape index (κ1) is 11.9. The Bertz CT molecular complexity index is 328. The van der Waals surface area contributed by atoms with E-state index in [0.29, 0.717) is 11.3 Å². The zero-order valence-corrected chi connectivity index (χ0v) is 10.5. The van der Waals surface area contributed by atoms with E-state index in [1.165, 1.54) is 0 Å². The van der Waals surface area contributed by atoms with Crippen LogP contribution >= 0.6 is 11.8 Å². The highest BCUT2D eigenvalue weighted by molar-refractivity contribution is 7.99. The number of ether oxygens (including phenoxy) is 1. The molecule has 0 aromatic carbocycles. The first-order valence-corrected chi connectivity index (χ1v) is 6.51. The molecule has 0 bridgehead atoms. The average molecular weight is 242 g/mol. The molecule has 0 aliphatic carbocycles. The second-order valence-electron chi connectivity index (χ2n) is 3.85. The Hall–Kier alpha value is -0.590. The molecule has 0 amide bonds. The highest BCUT2D eigenvalue weighted by Crippen LogP contribution is 2.26. The van der Waals surface area contributed by atoms with Gasteiger partial charge in [0.1, 0.15) is 6.33 Å². The van der Waals surface area contributed by atoms with Crippen molar-refractivity contribution in [1.82, 2.24) is 20.1 Å². The molecule has 16 heavy (non-hydrogen) atoms. The first-order valence-electron chi connectivity index (χ1n) is 5.63. The maximum absolute atomic E-state index is 5.53. The number of hydrogen-bond acceptors (Lipinski definition) is 5. The number of rotatable bonds is 4. The quantitative estimate of drug-likeness (QED) is 0.841. The van der Waals surface area contributed by atoms with Crippen molar-refractivity contribution in [2.45, 2.75) is 29.8 Å². The average Bonchev–Trinajstić information content (AvgIpc) is 2.68. The molecule has 2 unspecified atom stereocenters. The Kier molecular flexibility index (Phi) is 4.20. The Balaban J connectivity index is 1.98. The van der Waals surface area contributed by atoms with E-state index in [1.54, 1.807) is 18.1 Å². The molecule has 5 nitrogen and oxygen atoms in total. The summed E-state index contributed by atoms with van der Waals surface area (Å²) >= 11 is 1.75. The molecule has 1 aliphatic rings. The lowest BCUT2D eigenvalue weighted by molar-refractivity contribution is 0.0836. The molecule has 1 aromatic rings. The van der Waals surface area contributed by atoms with Gasteiger partial charge in [0.25, 0.3) is 0 Å². The number of nitrogens with one attached hydrogen (secondary N) is 1. The highest BCUT2D eigenvalue weighted by atomic mass is 32.2. The first-order chi connectivity index (χ1) is 7.81. The maximum Gasteiger partial charge on any atom is 0.186 e. The fraction of sp³-hybridized carbons (Fsp3) is 0.800. The lowest BCUT2D eigenvalue weighted by atomic mass is 10.1. The van der Waals surface area contributed by atoms with Crippen molar-refractivity contribution < 1.29 is 4.74 Å². The predicted octanol–water partition coefficient (Wildman–Crippen LogP) is 0.674. The second kappa shape index (κ2) is 5.65. The van der Waals surface area contributed by atoms with Gasteiger partial charge in [-0.15, -0.1) is 0 Å². The Morgan fingerprint density at radius 1 is 1.69 bits per heavy atom. The fourth-order valence-electron chi connectivity index (χ4n) is 1.85. The minimum absolute atomic E-state index is 0.427. The molecule has 6 heteroatoms. The third kappa shape index (κ3) is 2.75. The zero-order chi connectivity index (χ0) is 11.4. The van der Waals surface area contributed by atoms with Gasteiger partial charge in [-0.05, 0) is 13.0 Å². The van der Waals surface area contributed by atoms with Gasteiger partial charge in [0.05, 0.1) is 11.9 Å². The Labute approximate surface area is 100.0 Å². The largest absolute Gasteiger partial charge is 0.380 e. The SMILES string of the molecule is CCNC1CCOCC1Sc1ncnn1C. The molecule has 90 valence electrons. The number of nitrogens with zero attached hydrogens (tertiary/aromatic N) is 3. The molecular weight excluding hydrogens is 224 g/mol. The van der Waals surface area contributed by atoms with Crippen LogP contribution in [0.1, 0.15) is 13.3 Å². The van der Waals surface area contributed by atoms with Crippen molar-refractivity contribution in [1.29, 1.82) is 0 Å². The molecule has 2 rings (SSSR count). The summed E-state index contributed by atoms with van der Waals surface area (Å²) < 4.78 is 7.34. The Morgan fingerprint density at radius 3 is 3.25 bits per heavy atom. The second-order valence-corrected chi connectivity index (χ2v) is 5.06. The summed E-state index contributed by atoms with van der Waals surface area (Å²) in [6.07, 6.45) is 2.66. The van der Waals surface area contributed by atoms with Crippen molar-refractivity contribution in [2.75, 3.05) is 19.8 Å². The van der Waals surface area contributed by atoms with Crippen LogP contribution in [0.25, 0.3) is 0 Å². The molecule has 0 spiro atoms. The molecule has 1 aromatic heterocycles. The summed E-state index contributed by atoms with van der Waals surface area (Å²) in [4.78, 5) is 4.24. The van der Waals surface area contributed by atoms with Crippen LogP contribution in [0.2, 0.25) is 0 Å². The van der Waals surface area contributed by atoms with Crippen molar-refractivity contribution in [3.8, 4) is 0 Å². The van der Waals surface area contributed by atoms with E-state index in [2.05, 4.69) is 22.3 Å². The monoisotopic (exact) mass is 242 g/mol. The topological polar surface area (TPSA) is 52.0 Å². The van der Waals surface area contributed by atoms with Crippen LogP contribution in [0.4, 0.5) is 0 Å². The van der Waals surface area contributed by atoms with Crippen molar-refractivity contribution in [3.05, 3.63) is 6.33 Å². The molecule has 1 fully saturated rings. The van der Waals surface area contributed by atoms with Crippen LogP contribution in [0.3, 0.4) is 0 Å². The minimum atomic E-state index is 0.427. The number of aryl methyl sites for hydroxylation is 1. The summed E-state index contributed by atoms with van der Waals surface area (Å²) in [5, 5.41) is 8.97. The molecule has 2 heterocycles.